The van der Waals surface area contributed by atoms with Gasteiger partial charge in [0.05, 0.1) is 16.3 Å². The molecule has 4 nitrogen and oxygen atoms in total. The summed E-state index contributed by atoms with van der Waals surface area (Å²) in [5.74, 6) is -0.538. The molecule has 3 aromatic rings. The van der Waals surface area contributed by atoms with Crippen LogP contribution in [0.25, 0.3) is 0 Å². The molecule has 7 heteroatoms. The number of amides is 1. The van der Waals surface area contributed by atoms with Crippen molar-refractivity contribution in [3.05, 3.63) is 88.9 Å². The summed E-state index contributed by atoms with van der Waals surface area (Å²) in [6, 6.07) is 20.4. The zero-order chi connectivity index (χ0) is 21.0. The second-order valence-electron chi connectivity index (χ2n) is 6.44. The summed E-state index contributed by atoms with van der Waals surface area (Å²) in [4.78, 5) is 14.1. The van der Waals surface area contributed by atoms with Crippen LogP contribution < -0.4 is 4.31 Å². The summed E-state index contributed by atoms with van der Waals surface area (Å²) >= 11 is 7.17. The van der Waals surface area contributed by atoms with Gasteiger partial charge in [-0.25, -0.2) is 12.7 Å². The molecule has 29 heavy (non-hydrogen) atoms. The van der Waals surface area contributed by atoms with Gasteiger partial charge in [-0.3, -0.25) is 4.79 Å². The van der Waals surface area contributed by atoms with Crippen LogP contribution in [-0.4, -0.2) is 20.1 Å². The third-order valence-corrected chi connectivity index (χ3v) is 7.48. The van der Waals surface area contributed by atoms with Gasteiger partial charge in [-0.2, -0.15) is 0 Å². The number of sulfonamides is 1. The zero-order valence-corrected chi connectivity index (χ0v) is 18.4. The lowest BCUT2D eigenvalue weighted by Gasteiger charge is -2.25. The quantitative estimate of drug-likeness (QED) is 0.472. The number of hydrogen-bond donors (Lipinski definition) is 0. The van der Waals surface area contributed by atoms with Crippen LogP contribution in [0.5, 0.6) is 0 Å². The van der Waals surface area contributed by atoms with Gasteiger partial charge in [0.2, 0.25) is 0 Å². The Morgan fingerprint density at radius 3 is 2.24 bits per heavy atom. The molecule has 0 radical (unpaired) electrons. The van der Waals surface area contributed by atoms with Crippen LogP contribution >= 0.6 is 23.4 Å². The van der Waals surface area contributed by atoms with E-state index in [1.54, 1.807) is 54.6 Å². The molecule has 0 aromatic heterocycles. The highest BCUT2D eigenvalue weighted by molar-refractivity contribution is 8.00. The molecule has 0 N–H and O–H groups in total. The second-order valence-corrected chi connectivity index (χ2v) is 9.71. The Hall–Kier alpha value is -2.28. The van der Waals surface area contributed by atoms with Gasteiger partial charge in [-0.15, -0.1) is 11.8 Å². The highest BCUT2D eigenvalue weighted by Gasteiger charge is 2.32. The predicted octanol–water partition coefficient (Wildman–Crippen LogP) is 5.47. The fourth-order valence-corrected chi connectivity index (χ4v) is 5.24. The molecule has 0 heterocycles. The Morgan fingerprint density at radius 2 is 1.59 bits per heavy atom. The maximum atomic E-state index is 13.4. The first-order valence-corrected chi connectivity index (χ1v) is 11.7. The predicted molar refractivity (Wildman–Crippen MR) is 119 cm³/mol. The van der Waals surface area contributed by atoms with Gasteiger partial charge in [-0.1, -0.05) is 41.9 Å². The number of rotatable bonds is 6. The topological polar surface area (TPSA) is 54.5 Å². The standard InChI is InChI=1S/C22H20ClNO3S2/c1-16-7-6-10-21(17(16)2)24(29(26,27)20-8-4-3-5-9-20)22(25)15-28-19-13-11-18(23)12-14-19/h3-14H,15H2,1-2H3. The van der Waals surface area contributed by atoms with Crippen LogP contribution in [0, 0.1) is 13.8 Å². The van der Waals surface area contributed by atoms with Gasteiger partial charge in [0.25, 0.3) is 15.9 Å². The largest absolute Gasteiger partial charge is 0.272 e. The van der Waals surface area contributed by atoms with Crippen LogP contribution in [0.15, 0.2) is 82.6 Å². The molecule has 0 saturated heterocycles. The first kappa shape index (κ1) is 21.4. The number of halogens is 1. The van der Waals surface area contributed by atoms with Crippen LogP contribution in [0.1, 0.15) is 11.1 Å². The normalized spacial score (nSPS) is 11.3. The maximum Gasteiger partial charge on any atom is 0.270 e. The molecule has 0 aliphatic rings. The molecule has 0 aliphatic heterocycles. The number of nitrogens with zero attached hydrogens (tertiary/aromatic N) is 1. The Kier molecular flexibility index (Phi) is 6.67. The molecule has 0 saturated carbocycles. The van der Waals surface area contributed by atoms with Crippen LogP contribution in [-0.2, 0) is 14.8 Å². The first-order valence-electron chi connectivity index (χ1n) is 8.88. The van der Waals surface area contributed by atoms with Gasteiger partial charge < -0.3 is 0 Å². The number of carbonyl (C=O) groups is 1. The monoisotopic (exact) mass is 445 g/mol. The minimum atomic E-state index is -4.05. The second kappa shape index (κ2) is 9.03. The van der Waals surface area contributed by atoms with Crippen molar-refractivity contribution in [2.75, 3.05) is 10.1 Å². The molecular formula is C22H20ClNO3S2. The van der Waals surface area contributed by atoms with E-state index >= 15 is 0 Å². The Labute approximate surface area is 180 Å². The summed E-state index contributed by atoms with van der Waals surface area (Å²) < 4.78 is 27.7. The van der Waals surface area contributed by atoms with E-state index in [4.69, 9.17) is 11.6 Å². The van der Waals surface area contributed by atoms with Crippen molar-refractivity contribution in [3.8, 4) is 0 Å². The van der Waals surface area contributed by atoms with E-state index in [-0.39, 0.29) is 10.6 Å². The van der Waals surface area contributed by atoms with E-state index in [0.717, 1.165) is 20.3 Å². The van der Waals surface area contributed by atoms with Crippen LogP contribution in [0.3, 0.4) is 0 Å². The smallest absolute Gasteiger partial charge is 0.270 e. The van der Waals surface area contributed by atoms with Gasteiger partial charge in [0.15, 0.2) is 0 Å². The van der Waals surface area contributed by atoms with E-state index in [1.807, 2.05) is 19.9 Å². The molecule has 0 aliphatic carbocycles. The summed E-state index contributed by atoms with van der Waals surface area (Å²) in [7, 11) is -4.05. The van der Waals surface area contributed by atoms with Crippen molar-refractivity contribution in [1.82, 2.24) is 0 Å². The van der Waals surface area contributed by atoms with Crippen molar-refractivity contribution in [2.45, 2.75) is 23.6 Å². The SMILES string of the molecule is Cc1cccc(N(C(=O)CSc2ccc(Cl)cc2)S(=O)(=O)c2ccccc2)c1C. The number of thioether (sulfide) groups is 1. The Bertz CT molecular complexity index is 1110. The third kappa shape index (κ3) is 4.83. The fraction of sp³-hybridized carbons (Fsp3) is 0.136. The average Bonchev–Trinajstić information content (AvgIpc) is 2.71. The highest BCUT2D eigenvalue weighted by atomic mass is 35.5. The van der Waals surface area contributed by atoms with Crippen molar-refractivity contribution >= 4 is 45.0 Å². The summed E-state index contributed by atoms with van der Waals surface area (Å²) in [5, 5.41) is 0.601. The Morgan fingerprint density at radius 1 is 0.931 bits per heavy atom. The van der Waals surface area contributed by atoms with E-state index in [0.29, 0.717) is 10.7 Å². The first-order chi connectivity index (χ1) is 13.8. The van der Waals surface area contributed by atoms with E-state index in [9.17, 15) is 13.2 Å². The third-order valence-electron chi connectivity index (χ3n) is 4.48. The van der Waals surface area contributed by atoms with Crippen molar-refractivity contribution < 1.29 is 13.2 Å². The van der Waals surface area contributed by atoms with Gasteiger partial charge in [0.1, 0.15) is 0 Å². The number of carbonyl (C=O) groups excluding carboxylic acids is 1. The van der Waals surface area contributed by atoms with E-state index in [2.05, 4.69) is 0 Å². The summed E-state index contributed by atoms with van der Waals surface area (Å²) in [6.07, 6.45) is 0. The molecule has 0 fully saturated rings. The molecule has 0 unspecified atom stereocenters. The molecule has 3 aromatic carbocycles. The number of hydrogen-bond acceptors (Lipinski definition) is 4. The molecule has 0 bridgehead atoms. The molecule has 0 spiro atoms. The lowest BCUT2D eigenvalue weighted by molar-refractivity contribution is -0.115. The van der Waals surface area contributed by atoms with Crippen molar-refractivity contribution in [2.24, 2.45) is 0 Å². The Balaban J connectivity index is 1.99. The molecule has 150 valence electrons. The van der Waals surface area contributed by atoms with Crippen molar-refractivity contribution in [1.29, 1.82) is 0 Å². The number of benzene rings is 3. The lowest BCUT2D eigenvalue weighted by Crippen LogP contribution is -2.38. The van der Waals surface area contributed by atoms with Gasteiger partial charge >= 0.3 is 0 Å². The lowest BCUT2D eigenvalue weighted by atomic mass is 10.1. The number of anilines is 1. The number of aryl methyl sites for hydroxylation is 1. The highest BCUT2D eigenvalue weighted by Crippen LogP contribution is 2.30. The minimum absolute atomic E-state index is 0.0267. The van der Waals surface area contributed by atoms with Crippen LogP contribution in [0.2, 0.25) is 5.02 Å². The van der Waals surface area contributed by atoms with Gasteiger partial charge in [0, 0.05) is 9.92 Å². The molecule has 0 atom stereocenters. The maximum absolute atomic E-state index is 13.4. The van der Waals surface area contributed by atoms with Crippen molar-refractivity contribution in [3.63, 3.8) is 0 Å². The van der Waals surface area contributed by atoms with E-state index in [1.165, 1.54) is 23.9 Å². The van der Waals surface area contributed by atoms with Crippen LogP contribution in [0.4, 0.5) is 5.69 Å². The van der Waals surface area contributed by atoms with Gasteiger partial charge in [-0.05, 0) is 67.4 Å². The zero-order valence-electron chi connectivity index (χ0n) is 16.0. The van der Waals surface area contributed by atoms with E-state index < -0.39 is 15.9 Å². The fourth-order valence-electron chi connectivity index (χ4n) is 2.79. The molecule has 3 rings (SSSR count). The molecule has 1 amide bonds. The average molecular weight is 446 g/mol. The molecular weight excluding hydrogens is 426 g/mol. The minimum Gasteiger partial charge on any atom is -0.272 e. The summed E-state index contributed by atoms with van der Waals surface area (Å²) in [6.45, 7) is 3.71. The summed E-state index contributed by atoms with van der Waals surface area (Å²) in [5.41, 5.74) is 2.03.